The van der Waals surface area contributed by atoms with Gasteiger partial charge in [-0.25, -0.2) is 4.79 Å². The number of aryl methyl sites for hydroxylation is 1. The highest BCUT2D eigenvalue weighted by Crippen LogP contribution is 2.42. The molecule has 2 aliphatic heterocycles. The third kappa shape index (κ3) is 2.34. The van der Waals surface area contributed by atoms with E-state index < -0.39 is 24.0 Å². The number of carbonyl (C=O) groups excluding carboxylic acids is 3. The largest absolute Gasteiger partial charge is 0.455 e. The van der Waals surface area contributed by atoms with E-state index in [1.54, 1.807) is 6.92 Å². The van der Waals surface area contributed by atoms with Crippen molar-refractivity contribution in [2.45, 2.75) is 38.8 Å². The van der Waals surface area contributed by atoms with Gasteiger partial charge in [0.25, 0.3) is 0 Å². The minimum atomic E-state index is -0.759. The highest BCUT2D eigenvalue weighted by atomic mass is 16.5. The van der Waals surface area contributed by atoms with Gasteiger partial charge in [-0.2, -0.15) is 0 Å². The maximum absolute atomic E-state index is 12.3. The maximum Gasteiger partial charge on any atom is 0.329 e. The molecule has 0 aromatic heterocycles. The first-order valence-corrected chi connectivity index (χ1v) is 7.41. The Morgan fingerprint density at radius 2 is 2.18 bits per heavy atom. The molecule has 1 aromatic rings. The second-order valence-corrected chi connectivity index (χ2v) is 5.70. The fraction of sp³-hybridized carbons (Fsp3) is 0.438. The molecule has 116 valence electrons. The molecular formula is C16H18N2O4. The smallest absolute Gasteiger partial charge is 0.329 e. The topological polar surface area (TPSA) is 84.5 Å². The van der Waals surface area contributed by atoms with Crippen LogP contribution in [0.4, 0.5) is 5.69 Å². The van der Waals surface area contributed by atoms with Gasteiger partial charge in [-0.05, 0) is 18.9 Å². The summed E-state index contributed by atoms with van der Waals surface area (Å²) in [4.78, 5) is 36.0. The van der Waals surface area contributed by atoms with E-state index in [9.17, 15) is 14.4 Å². The normalized spacial score (nSPS) is 26.4. The molecule has 0 bridgehead atoms. The summed E-state index contributed by atoms with van der Waals surface area (Å²) in [6.07, 6.45) is -0.0356. The van der Waals surface area contributed by atoms with E-state index in [0.717, 1.165) is 16.8 Å². The number of rotatable bonds is 2. The zero-order valence-corrected chi connectivity index (χ0v) is 12.5. The summed E-state index contributed by atoms with van der Waals surface area (Å²) in [7, 11) is 0. The minimum absolute atomic E-state index is 0.171. The Balaban J connectivity index is 1.90. The highest BCUT2D eigenvalue weighted by molar-refractivity contribution is 5.99. The van der Waals surface area contributed by atoms with E-state index in [2.05, 4.69) is 10.6 Å². The lowest BCUT2D eigenvalue weighted by molar-refractivity contribution is -0.166. The van der Waals surface area contributed by atoms with Gasteiger partial charge in [0.1, 0.15) is 12.1 Å². The molecule has 1 fully saturated rings. The van der Waals surface area contributed by atoms with Gasteiger partial charge in [-0.3, -0.25) is 9.59 Å². The predicted octanol–water partition coefficient (Wildman–Crippen LogP) is 1.45. The van der Waals surface area contributed by atoms with E-state index in [1.165, 1.54) is 0 Å². The number of esters is 1. The molecule has 0 unspecified atom stereocenters. The quantitative estimate of drug-likeness (QED) is 0.810. The summed E-state index contributed by atoms with van der Waals surface area (Å²) >= 11 is 0. The Labute approximate surface area is 128 Å². The fourth-order valence-corrected chi connectivity index (χ4v) is 3.02. The monoisotopic (exact) mass is 302 g/mol. The molecule has 6 nitrogen and oxygen atoms in total. The molecule has 2 N–H and O–H groups in total. The number of carbonyl (C=O) groups is 3. The summed E-state index contributed by atoms with van der Waals surface area (Å²) < 4.78 is 5.49. The number of hydrogen-bond acceptors (Lipinski definition) is 4. The highest BCUT2D eigenvalue weighted by Gasteiger charge is 2.46. The lowest BCUT2D eigenvalue weighted by Gasteiger charge is -2.39. The number of para-hydroxylation sites is 1. The van der Waals surface area contributed by atoms with Gasteiger partial charge < -0.3 is 15.4 Å². The minimum Gasteiger partial charge on any atom is -0.455 e. The summed E-state index contributed by atoms with van der Waals surface area (Å²) in [5, 5.41) is 5.50. The van der Waals surface area contributed by atoms with E-state index in [1.807, 2.05) is 25.1 Å². The molecule has 22 heavy (non-hydrogen) atoms. The Morgan fingerprint density at radius 3 is 2.91 bits per heavy atom. The number of amides is 2. The third-order valence-corrected chi connectivity index (χ3v) is 4.24. The molecular weight excluding hydrogens is 284 g/mol. The van der Waals surface area contributed by atoms with Gasteiger partial charge in [0.05, 0.1) is 11.6 Å². The standard InChI is InChI=1S/C16H18N2O4/c1-3-12(19)17-11-7-10-14(22-16(11)21)9-6-4-5-8(2)13(9)18-15(10)20/h4-6,10-11,14H,3,7H2,1-2H3,(H,17,19)(H,18,20)/t10-,11+,14-/m0/s1. The lowest BCUT2D eigenvalue weighted by Crippen LogP contribution is -2.51. The van der Waals surface area contributed by atoms with Crippen LogP contribution in [0.15, 0.2) is 18.2 Å². The van der Waals surface area contributed by atoms with Crippen LogP contribution in [0.1, 0.15) is 37.0 Å². The van der Waals surface area contributed by atoms with Crippen LogP contribution in [0.5, 0.6) is 0 Å². The molecule has 0 aliphatic carbocycles. The SMILES string of the molecule is CCC(=O)N[C@@H]1C[C@@H]2C(=O)Nc3c(C)cccc3[C@@H]2OC1=O. The van der Waals surface area contributed by atoms with Crippen molar-refractivity contribution in [2.75, 3.05) is 5.32 Å². The molecule has 2 aliphatic rings. The van der Waals surface area contributed by atoms with Crippen LogP contribution in [-0.2, 0) is 19.1 Å². The molecule has 0 saturated carbocycles. The van der Waals surface area contributed by atoms with Gasteiger partial charge in [0.2, 0.25) is 11.8 Å². The van der Waals surface area contributed by atoms with Crippen molar-refractivity contribution in [1.82, 2.24) is 5.32 Å². The average Bonchev–Trinajstić information content (AvgIpc) is 2.50. The van der Waals surface area contributed by atoms with E-state index in [0.29, 0.717) is 0 Å². The third-order valence-electron chi connectivity index (χ3n) is 4.24. The first-order valence-electron chi connectivity index (χ1n) is 7.41. The van der Waals surface area contributed by atoms with Crippen LogP contribution < -0.4 is 10.6 Å². The molecule has 0 radical (unpaired) electrons. The summed E-state index contributed by atoms with van der Waals surface area (Å²) in [5.41, 5.74) is 2.47. The second-order valence-electron chi connectivity index (χ2n) is 5.70. The van der Waals surface area contributed by atoms with Crippen molar-refractivity contribution in [2.24, 2.45) is 5.92 Å². The van der Waals surface area contributed by atoms with Crippen LogP contribution in [-0.4, -0.2) is 23.8 Å². The Bertz CT molecular complexity index is 656. The first kappa shape index (κ1) is 14.6. The molecule has 1 aromatic carbocycles. The molecule has 2 heterocycles. The van der Waals surface area contributed by atoms with Crippen LogP contribution in [0.3, 0.4) is 0 Å². The fourth-order valence-electron chi connectivity index (χ4n) is 3.02. The van der Waals surface area contributed by atoms with Gasteiger partial charge in [-0.15, -0.1) is 0 Å². The Kier molecular flexibility index (Phi) is 3.60. The van der Waals surface area contributed by atoms with Crippen molar-refractivity contribution in [1.29, 1.82) is 0 Å². The van der Waals surface area contributed by atoms with Gasteiger partial charge in [-0.1, -0.05) is 25.1 Å². The molecule has 6 heteroatoms. The Hall–Kier alpha value is -2.37. The molecule has 3 atom stereocenters. The number of anilines is 1. The molecule has 2 amide bonds. The zero-order valence-electron chi connectivity index (χ0n) is 12.5. The van der Waals surface area contributed by atoms with E-state index in [-0.39, 0.29) is 24.7 Å². The van der Waals surface area contributed by atoms with Gasteiger partial charge in [0, 0.05) is 12.0 Å². The maximum atomic E-state index is 12.3. The predicted molar refractivity (Wildman–Crippen MR) is 79.0 cm³/mol. The van der Waals surface area contributed by atoms with Crippen molar-refractivity contribution in [3.05, 3.63) is 29.3 Å². The van der Waals surface area contributed by atoms with Crippen molar-refractivity contribution in [3.63, 3.8) is 0 Å². The van der Waals surface area contributed by atoms with Crippen LogP contribution in [0, 0.1) is 12.8 Å². The van der Waals surface area contributed by atoms with Crippen LogP contribution in [0.2, 0.25) is 0 Å². The van der Waals surface area contributed by atoms with E-state index >= 15 is 0 Å². The van der Waals surface area contributed by atoms with Crippen LogP contribution >= 0.6 is 0 Å². The van der Waals surface area contributed by atoms with Gasteiger partial charge in [0.15, 0.2) is 0 Å². The lowest BCUT2D eigenvalue weighted by atomic mass is 9.82. The zero-order chi connectivity index (χ0) is 15.9. The first-order chi connectivity index (χ1) is 10.5. The number of nitrogens with one attached hydrogen (secondary N) is 2. The average molecular weight is 302 g/mol. The second kappa shape index (κ2) is 5.44. The number of hydrogen-bond donors (Lipinski definition) is 2. The van der Waals surface area contributed by atoms with Gasteiger partial charge >= 0.3 is 5.97 Å². The number of fused-ring (bicyclic) bond motifs is 3. The summed E-state index contributed by atoms with van der Waals surface area (Å²) in [5.74, 6) is -1.36. The van der Waals surface area contributed by atoms with E-state index in [4.69, 9.17) is 4.74 Å². The van der Waals surface area contributed by atoms with Crippen molar-refractivity contribution < 1.29 is 19.1 Å². The number of benzene rings is 1. The summed E-state index contributed by atoms with van der Waals surface area (Å²) in [6.45, 7) is 3.60. The number of ether oxygens (including phenoxy) is 1. The van der Waals surface area contributed by atoms with Crippen molar-refractivity contribution >= 4 is 23.5 Å². The van der Waals surface area contributed by atoms with Crippen LogP contribution in [0.25, 0.3) is 0 Å². The van der Waals surface area contributed by atoms with Crippen molar-refractivity contribution in [3.8, 4) is 0 Å². The molecule has 1 saturated heterocycles. The molecule has 0 spiro atoms. The molecule has 3 rings (SSSR count). The summed E-state index contributed by atoms with van der Waals surface area (Å²) in [6, 6.07) is 4.87. The Morgan fingerprint density at radius 1 is 1.41 bits per heavy atom.